The van der Waals surface area contributed by atoms with Crippen molar-refractivity contribution in [1.82, 2.24) is 9.62 Å². The summed E-state index contributed by atoms with van der Waals surface area (Å²) in [5, 5.41) is 2.75. The number of sulfonamides is 1. The van der Waals surface area contributed by atoms with Gasteiger partial charge in [0.1, 0.15) is 5.75 Å². The summed E-state index contributed by atoms with van der Waals surface area (Å²) in [6.45, 7) is 5.38. The van der Waals surface area contributed by atoms with Gasteiger partial charge >= 0.3 is 0 Å². The Morgan fingerprint density at radius 2 is 2.05 bits per heavy atom. The van der Waals surface area contributed by atoms with Crippen LogP contribution in [0.3, 0.4) is 0 Å². The lowest BCUT2D eigenvalue weighted by molar-refractivity contribution is -0.121. The summed E-state index contributed by atoms with van der Waals surface area (Å²) in [5.41, 5.74) is 0.723. The average molecular weight is 328 g/mol. The van der Waals surface area contributed by atoms with Crippen LogP contribution in [0, 0.1) is 6.92 Å². The molecule has 1 aromatic rings. The van der Waals surface area contributed by atoms with Crippen LogP contribution in [0.15, 0.2) is 23.1 Å². The van der Waals surface area contributed by atoms with E-state index >= 15 is 0 Å². The number of hydrogen-bond donors (Lipinski definition) is 1. The number of benzene rings is 1. The predicted molar refractivity (Wildman–Crippen MR) is 85.4 cm³/mol. The van der Waals surface area contributed by atoms with E-state index in [1.807, 2.05) is 13.8 Å². The van der Waals surface area contributed by atoms with Crippen molar-refractivity contribution in [3.05, 3.63) is 23.8 Å². The van der Waals surface area contributed by atoms with Gasteiger partial charge in [-0.05, 0) is 44.0 Å². The number of nitrogens with zero attached hydrogens (tertiary/aromatic N) is 1. The molecule has 0 heterocycles. The standard InChI is InChI=1S/C15H24N2O4S/c1-6-12(3)16-15(18)10-17(4)22(19,20)13-7-8-14(21-5)11(2)9-13/h7-9,12H,6,10H2,1-5H3,(H,16,18). The zero-order valence-electron chi connectivity index (χ0n) is 13.7. The lowest BCUT2D eigenvalue weighted by atomic mass is 10.2. The molecule has 1 atom stereocenters. The van der Waals surface area contributed by atoms with Crippen molar-refractivity contribution >= 4 is 15.9 Å². The maximum Gasteiger partial charge on any atom is 0.243 e. The van der Waals surface area contributed by atoms with Gasteiger partial charge < -0.3 is 10.1 Å². The fourth-order valence-corrected chi connectivity index (χ4v) is 3.11. The Morgan fingerprint density at radius 3 is 2.55 bits per heavy atom. The molecule has 0 spiro atoms. The average Bonchev–Trinajstić information content (AvgIpc) is 2.46. The molecule has 1 N–H and O–H groups in total. The van der Waals surface area contributed by atoms with E-state index in [1.54, 1.807) is 13.0 Å². The number of nitrogens with one attached hydrogen (secondary N) is 1. The fraction of sp³-hybridized carbons (Fsp3) is 0.533. The number of likely N-dealkylation sites (N-methyl/N-ethyl adjacent to an activating group) is 1. The van der Waals surface area contributed by atoms with E-state index < -0.39 is 10.0 Å². The van der Waals surface area contributed by atoms with E-state index in [9.17, 15) is 13.2 Å². The Morgan fingerprint density at radius 1 is 1.41 bits per heavy atom. The lowest BCUT2D eigenvalue weighted by Gasteiger charge is -2.19. The second-order valence-corrected chi connectivity index (χ2v) is 7.31. The molecule has 0 aromatic heterocycles. The third-order valence-corrected chi connectivity index (χ3v) is 5.26. The van der Waals surface area contributed by atoms with Crippen LogP contribution in [0.1, 0.15) is 25.8 Å². The maximum absolute atomic E-state index is 12.5. The van der Waals surface area contributed by atoms with Crippen LogP contribution in [0.2, 0.25) is 0 Å². The molecule has 0 aliphatic rings. The predicted octanol–water partition coefficient (Wildman–Crippen LogP) is 1.54. The van der Waals surface area contributed by atoms with Gasteiger partial charge in [-0.1, -0.05) is 6.92 Å². The highest BCUT2D eigenvalue weighted by molar-refractivity contribution is 7.89. The molecular formula is C15H24N2O4S. The van der Waals surface area contributed by atoms with Gasteiger partial charge in [0.15, 0.2) is 0 Å². The number of hydrogen-bond acceptors (Lipinski definition) is 4. The van der Waals surface area contributed by atoms with Crippen LogP contribution in [0.25, 0.3) is 0 Å². The van der Waals surface area contributed by atoms with E-state index in [4.69, 9.17) is 4.74 Å². The number of amides is 1. The first kappa shape index (κ1) is 18.4. The van der Waals surface area contributed by atoms with Crippen LogP contribution >= 0.6 is 0 Å². The number of carbonyl (C=O) groups excluding carboxylic acids is 1. The van der Waals surface area contributed by atoms with Crippen molar-refractivity contribution in [2.24, 2.45) is 0 Å². The van der Waals surface area contributed by atoms with Gasteiger partial charge in [-0.15, -0.1) is 0 Å². The van der Waals surface area contributed by atoms with Crippen LogP contribution < -0.4 is 10.1 Å². The van der Waals surface area contributed by atoms with Crippen molar-refractivity contribution in [2.75, 3.05) is 20.7 Å². The molecule has 0 aliphatic heterocycles. The molecule has 0 aliphatic carbocycles. The normalized spacial score (nSPS) is 13.0. The van der Waals surface area contributed by atoms with E-state index in [2.05, 4.69) is 5.32 Å². The molecule has 1 aromatic carbocycles. The highest BCUT2D eigenvalue weighted by Crippen LogP contribution is 2.23. The van der Waals surface area contributed by atoms with Crippen molar-refractivity contribution in [1.29, 1.82) is 0 Å². The van der Waals surface area contributed by atoms with Crippen molar-refractivity contribution in [3.8, 4) is 5.75 Å². The first-order chi connectivity index (χ1) is 10.2. The van der Waals surface area contributed by atoms with Gasteiger partial charge in [0.05, 0.1) is 18.6 Å². The molecule has 0 saturated carbocycles. The summed E-state index contributed by atoms with van der Waals surface area (Å²) in [5.74, 6) is 0.307. The second-order valence-electron chi connectivity index (χ2n) is 5.27. The van der Waals surface area contributed by atoms with Crippen LogP contribution in [-0.2, 0) is 14.8 Å². The summed E-state index contributed by atoms with van der Waals surface area (Å²) in [6, 6.07) is 4.64. The molecule has 22 heavy (non-hydrogen) atoms. The van der Waals surface area contributed by atoms with Gasteiger partial charge in [-0.25, -0.2) is 8.42 Å². The minimum absolute atomic E-state index is 0.0202. The lowest BCUT2D eigenvalue weighted by Crippen LogP contribution is -2.41. The molecule has 0 radical (unpaired) electrons. The molecule has 6 nitrogen and oxygen atoms in total. The summed E-state index contributed by atoms with van der Waals surface area (Å²) in [6.07, 6.45) is 0.792. The second kappa shape index (κ2) is 7.60. The van der Waals surface area contributed by atoms with Gasteiger partial charge in [-0.2, -0.15) is 4.31 Å². The number of methoxy groups -OCH3 is 1. The molecule has 1 amide bonds. The molecule has 0 bridgehead atoms. The zero-order chi connectivity index (χ0) is 16.9. The van der Waals surface area contributed by atoms with E-state index in [0.29, 0.717) is 5.75 Å². The Balaban J connectivity index is 2.89. The summed E-state index contributed by atoms with van der Waals surface area (Å²) in [7, 11) is -0.784. The highest BCUT2D eigenvalue weighted by atomic mass is 32.2. The number of rotatable bonds is 7. The van der Waals surface area contributed by atoms with E-state index in [1.165, 1.54) is 26.3 Å². The van der Waals surface area contributed by atoms with Crippen molar-refractivity contribution < 1.29 is 17.9 Å². The first-order valence-corrected chi connectivity index (χ1v) is 8.56. The Kier molecular flexibility index (Phi) is 6.37. The molecule has 124 valence electrons. The van der Waals surface area contributed by atoms with Gasteiger partial charge in [0, 0.05) is 13.1 Å². The SMILES string of the molecule is CCC(C)NC(=O)CN(C)S(=O)(=O)c1ccc(OC)c(C)c1. The maximum atomic E-state index is 12.5. The van der Waals surface area contributed by atoms with Crippen LogP contribution in [-0.4, -0.2) is 45.4 Å². The summed E-state index contributed by atoms with van der Waals surface area (Å²) < 4.78 is 31.1. The highest BCUT2D eigenvalue weighted by Gasteiger charge is 2.23. The minimum Gasteiger partial charge on any atom is -0.496 e. The zero-order valence-corrected chi connectivity index (χ0v) is 14.5. The first-order valence-electron chi connectivity index (χ1n) is 7.12. The van der Waals surface area contributed by atoms with E-state index in [0.717, 1.165) is 16.3 Å². The molecule has 7 heteroatoms. The van der Waals surface area contributed by atoms with Gasteiger partial charge in [0.25, 0.3) is 0 Å². The molecule has 0 fully saturated rings. The van der Waals surface area contributed by atoms with Crippen molar-refractivity contribution in [3.63, 3.8) is 0 Å². The van der Waals surface area contributed by atoms with Crippen LogP contribution in [0.5, 0.6) is 5.75 Å². The smallest absolute Gasteiger partial charge is 0.243 e. The molecular weight excluding hydrogens is 304 g/mol. The Bertz CT molecular complexity index is 628. The molecule has 1 rings (SSSR count). The minimum atomic E-state index is -3.71. The number of ether oxygens (including phenoxy) is 1. The fourth-order valence-electron chi connectivity index (χ4n) is 1.90. The Hall–Kier alpha value is -1.60. The van der Waals surface area contributed by atoms with Crippen LogP contribution in [0.4, 0.5) is 0 Å². The topological polar surface area (TPSA) is 75.7 Å². The largest absolute Gasteiger partial charge is 0.496 e. The summed E-state index contributed by atoms with van der Waals surface area (Å²) in [4.78, 5) is 12.0. The Labute approximate surface area is 132 Å². The van der Waals surface area contributed by atoms with E-state index in [-0.39, 0.29) is 23.4 Å². The van der Waals surface area contributed by atoms with Gasteiger partial charge in [-0.3, -0.25) is 4.79 Å². The van der Waals surface area contributed by atoms with Gasteiger partial charge in [0.2, 0.25) is 15.9 Å². The molecule has 1 unspecified atom stereocenters. The third kappa shape index (κ3) is 4.45. The molecule has 0 saturated heterocycles. The summed E-state index contributed by atoms with van der Waals surface area (Å²) >= 11 is 0. The number of carbonyl (C=O) groups is 1. The quantitative estimate of drug-likeness (QED) is 0.824. The van der Waals surface area contributed by atoms with Crippen molar-refractivity contribution in [2.45, 2.75) is 38.1 Å². The number of aryl methyl sites for hydroxylation is 1. The monoisotopic (exact) mass is 328 g/mol. The third-order valence-electron chi connectivity index (χ3n) is 3.46.